The summed E-state index contributed by atoms with van der Waals surface area (Å²) in [5, 5.41) is 0. The van der Waals surface area contributed by atoms with Crippen molar-refractivity contribution in [3.63, 3.8) is 0 Å². The van der Waals surface area contributed by atoms with Crippen molar-refractivity contribution < 1.29 is 4.79 Å². The van der Waals surface area contributed by atoms with Crippen LogP contribution in [0, 0.1) is 5.92 Å². The maximum atomic E-state index is 12.4. The van der Waals surface area contributed by atoms with E-state index in [0.29, 0.717) is 12.3 Å². The molecule has 0 saturated heterocycles. The van der Waals surface area contributed by atoms with Gasteiger partial charge < -0.3 is 15.5 Å². The molecule has 0 aromatic carbocycles. The third-order valence-electron chi connectivity index (χ3n) is 3.62. The van der Waals surface area contributed by atoms with E-state index < -0.39 is 0 Å². The number of hydrogen-bond donors (Lipinski definition) is 1. The van der Waals surface area contributed by atoms with Crippen LogP contribution in [0.5, 0.6) is 0 Å². The molecular weight excluding hydrogens is 250 g/mol. The van der Waals surface area contributed by atoms with Gasteiger partial charge in [-0.05, 0) is 25.4 Å². The van der Waals surface area contributed by atoms with Gasteiger partial charge in [0.25, 0.3) is 0 Å². The molecule has 120 valence electrons. The Kier molecular flexibility index (Phi) is 10.8. The second-order valence-corrected chi connectivity index (χ2v) is 6.01. The highest BCUT2D eigenvalue weighted by atomic mass is 16.2. The van der Waals surface area contributed by atoms with Crippen molar-refractivity contribution in [1.29, 1.82) is 0 Å². The third kappa shape index (κ3) is 8.54. The van der Waals surface area contributed by atoms with Crippen LogP contribution in [0.2, 0.25) is 0 Å². The summed E-state index contributed by atoms with van der Waals surface area (Å²) in [5.41, 5.74) is 6.00. The minimum absolute atomic E-state index is 0.00983. The zero-order valence-corrected chi connectivity index (χ0v) is 14.2. The van der Waals surface area contributed by atoms with Gasteiger partial charge in [-0.3, -0.25) is 4.79 Å². The lowest BCUT2D eigenvalue weighted by molar-refractivity contribution is -0.132. The van der Waals surface area contributed by atoms with Crippen LogP contribution in [0.3, 0.4) is 0 Å². The van der Waals surface area contributed by atoms with Gasteiger partial charge in [-0.15, -0.1) is 0 Å². The Hall–Kier alpha value is -0.610. The molecule has 0 aliphatic rings. The van der Waals surface area contributed by atoms with Gasteiger partial charge in [0.1, 0.15) is 0 Å². The van der Waals surface area contributed by atoms with E-state index in [2.05, 4.69) is 39.5 Å². The number of nitrogens with zero attached hydrogens (tertiary/aromatic N) is 2. The summed E-state index contributed by atoms with van der Waals surface area (Å²) in [6.45, 7) is 15.4. The maximum Gasteiger partial charge on any atom is 0.224 e. The van der Waals surface area contributed by atoms with E-state index in [1.807, 2.05) is 4.90 Å². The molecular formula is C16H35N3O. The molecule has 4 heteroatoms. The van der Waals surface area contributed by atoms with Crippen molar-refractivity contribution in [1.82, 2.24) is 9.80 Å². The molecule has 0 radical (unpaired) electrons. The first-order valence-electron chi connectivity index (χ1n) is 8.20. The lowest BCUT2D eigenvalue weighted by atomic mass is 10.1. The van der Waals surface area contributed by atoms with Gasteiger partial charge >= 0.3 is 0 Å². The number of carbonyl (C=O) groups is 1. The predicted octanol–water partition coefficient (Wildman–Crippen LogP) is 2.33. The molecule has 0 heterocycles. The first-order chi connectivity index (χ1) is 9.44. The van der Waals surface area contributed by atoms with Crippen LogP contribution in [0.15, 0.2) is 0 Å². The van der Waals surface area contributed by atoms with Crippen LogP contribution < -0.4 is 5.73 Å². The molecule has 0 saturated carbocycles. The van der Waals surface area contributed by atoms with Crippen LogP contribution in [0.4, 0.5) is 0 Å². The number of carbonyl (C=O) groups excluding carboxylic acids is 1. The van der Waals surface area contributed by atoms with Crippen molar-refractivity contribution in [2.24, 2.45) is 11.7 Å². The molecule has 1 atom stereocenters. The Morgan fingerprint density at radius 3 is 2.15 bits per heavy atom. The first-order valence-corrected chi connectivity index (χ1v) is 8.20. The number of amides is 1. The fourth-order valence-electron chi connectivity index (χ4n) is 2.39. The second-order valence-electron chi connectivity index (χ2n) is 6.01. The molecule has 0 aromatic rings. The molecule has 0 rings (SSSR count). The quantitative estimate of drug-likeness (QED) is 0.634. The van der Waals surface area contributed by atoms with Crippen LogP contribution in [0.25, 0.3) is 0 Å². The highest BCUT2D eigenvalue weighted by molar-refractivity contribution is 5.76. The summed E-state index contributed by atoms with van der Waals surface area (Å²) in [5.74, 6) is 0.713. The number of nitrogens with two attached hydrogens (primary N) is 1. The van der Waals surface area contributed by atoms with Gasteiger partial charge in [0.2, 0.25) is 5.91 Å². The number of rotatable bonds is 11. The van der Waals surface area contributed by atoms with Crippen molar-refractivity contribution in [3.05, 3.63) is 0 Å². The van der Waals surface area contributed by atoms with Crippen LogP contribution in [-0.2, 0) is 4.79 Å². The normalized spacial score (nSPS) is 13.0. The van der Waals surface area contributed by atoms with E-state index >= 15 is 0 Å². The molecule has 0 bridgehead atoms. The van der Waals surface area contributed by atoms with Gasteiger partial charge in [-0.2, -0.15) is 0 Å². The lowest BCUT2D eigenvalue weighted by Gasteiger charge is -2.28. The molecule has 0 aromatic heterocycles. The predicted molar refractivity (Wildman–Crippen MR) is 86.7 cm³/mol. The molecule has 4 nitrogen and oxygen atoms in total. The van der Waals surface area contributed by atoms with E-state index in [1.165, 1.54) is 0 Å². The Bertz CT molecular complexity index is 252. The van der Waals surface area contributed by atoms with Crippen molar-refractivity contribution in [2.75, 3.05) is 32.7 Å². The van der Waals surface area contributed by atoms with E-state index in [1.54, 1.807) is 0 Å². The van der Waals surface area contributed by atoms with Crippen LogP contribution >= 0.6 is 0 Å². The van der Waals surface area contributed by atoms with Crippen LogP contribution in [0.1, 0.15) is 53.9 Å². The fraction of sp³-hybridized carbons (Fsp3) is 0.938. The fourth-order valence-corrected chi connectivity index (χ4v) is 2.39. The van der Waals surface area contributed by atoms with E-state index in [0.717, 1.165) is 45.6 Å². The van der Waals surface area contributed by atoms with Gasteiger partial charge in [0.15, 0.2) is 0 Å². The topological polar surface area (TPSA) is 49.6 Å². The Balaban J connectivity index is 4.42. The van der Waals surface area contributed by atoms with Gasteiger partial charge in [0.05, 0.1) is 0 Å². The van der Waals surface area contributed by atoms with Crippen LogP contribution in [-0.4, -0.2) is 54.5 Å². The zero-order chi connectivity index (χ0) is 15.5. The monoisotopic (exact) mass is 285 g/mol. The Labute approximate surface area is 125 Å². The van der Waals surface area contributed by atoms with E-state index in [9.17, 15) is 4.79 Å². The molecule has 0 aliphatic heterocycles. The average Bonchev–Trinajstić information content (AvgIpc) is 2.38. The molecule has 1 amide bonds. The summed E-state index contributed by atoms with van der Waals surface area (Å²) in [7, 11) is 0. The summed E-state index contributed by atoms with van der Waals surface area (Å²) >= 11 is 0. The minimum atomic E-state index is 0.00983. The van der Waals surface area contributed by atoms with Crippen molar-refractivity contribution in [2.45, 2.75) is 59.9 Å². The smallest absolute Gasteiger partial charge is 0.224 e. The first kappa shape index (κ1) is 19.4. The summed E-state index contributed by atoms with van der Waals surface area (Å²) in [4.78, 5) is 16.7. The molecule has 1 unspecified atom stereocenters. The summed E-state index contributed by atoms with van der Waals surface area (Å²) in [6, 6.07) is 0.00983. The maximum absolute atomic E-state index is 12.4. The standard InChI is InChI=1S/C16H35N3O/c1-6-9-15(17)12-16(20)19(13-14(4)5)11-10-18(7-2)8-3/h14-15H,6-13,17H2,1-5H3. The van der Waals surface area contributed by atoms with Gasteiger partial charge in [0, 0.05) is 32.1 Å². The van der Waals surface area contributed by atoms with Crippen molar-refractivity contribution in [3.8, 4) is 0 Å². The van der Waals surface area contributed by atoms with Crippen molar-refractivity contribution >= 4 is 5.91 Å². The van der Waals surface area contributed by atoms with Gasteiger partial charge in [-0.25, -0.2) is 0 Å². The summed E-state index contributed by atoms with van der Waals surface area (Å²) < 4.78 is 0. The number of likely N-dealkylation sites (N-methyl/N-ethyl adjacent to an activating group) is 1. The second kappa shape index (κ2) is 11.1. The lowest BCUT2D eigenvalue weighted by Crippen LogP contribution is -2.42. The molecule has 0 aliphatic carbocycles. The zero-order valence-electron chi connectivity index (χ0n) is 14.2. The highest BCUT2D eigenvalue weighted by Gasteiger charge is 2.18. The van der Waals surface area contributed by atoms with Gasteiger partial charge in [-0.1, -0.05) is 41.0 Å². The largest absolute Gasteiger partial charge is 0.341 e. The third-order valence-corrected chi connectivity index (χ3v) is 3.62. The molecule has 0 fully saturated rings. The minimum Gasteiger partial charge on any atom is -0.341 e. The summed E-state index contributed by atoms with van der Waals surface area (Å²) in [6.07, 6.45) is 2.45. The molecule has 20 heavy (non-hydrogen) atoms. The molecule has 2 N–H and O–H groups in total. The SMILES string of the molecule is CCCC(N)CC(=O)N(CCN(CC)CC)CC(C)C. The number of hydrogen-bond acceptors (Lipinski definition) is 3. The average molecular weight is 285 g/mol. The van der Waals surface area contributed by atoms with E-state index in [-0.39, 0.29) is 11.9 Å². The Morgan fingerprint density at radius 2 is 1.70 bits per heavy atom. The Morgan fingerprint density at radius 1 is 1.10 bits per heavy atom. The highest BCUT2D eigenvalue weighted by Crippen LogP contribution is 2.06. The molecule has 0 spiro atoms. The van der Waals surface area contributed by atoms with E-state index in [4.69, 9.17) is 5.73 Å².